The summed E-state index contributed by atoms with van der Waals surface area (Å²) in [6.45, 7) is 0.112. The van der Waals surface area contributed by atoms with E-state index in [0.29, 0.717) is 0 Å². The van der Waals surface area contributed by atoms with E-state index in [2.05, 4.69) is 4.74 Å². The van der Waals surface area contributed by atoms with E-state index in [1.165, 1.54) is 0 Å². The van der Waals surface area contributed by atoms with Crippen LogP contribution in [0.5, 0.6) is 0 Å². The number of rotatable bonds is 5. The Balaban J connectivity index is -0.00000147. The Morgan fingerprint density at radius 3 is 2.45 bits per heavy atom. The number of aliphatic hydroxyl groups excluding tert-OH is 4. The number of carboxylic acid groups (broad SMARTS) is 1. The van der Waals surface area contributed by atoms with Gasteiger partial charge < -0.3 is 43.6 Å². The Bertz CT molecular complexity index is 419. The van der Waals surface area contributed by atoms with Crippen molar-refractivity contribution in [1.29, 1.82) is 0 Å². The minimum absolute atomic E-state index is 0. The number of carboxylic acids is 1. The molecule has 1 heterocycles. The van der Waals surface area contributed by atoms with Crippen LogP contribution in [0, 0.1) is 0 Å². The number of aliphatic hydroxyl groups is 4. The van der Waals surface area contributed by atoms with Crippen LogP contribution in [0.4, 0.5) is 0 Å². The Morgan fingerprint density at radius 2 is 2.05 bits per heavy atom. The van der Waals surface area contributed by atoms with E-state index >= 15 is 0 Å². The molecule has 0 radical (unpaired) electrons. The Hall–Kier alpha value is -0.0403. The summed E-state index contributed by atoms with van der Waals surface area (Å²) >= 11 is 0. The molecule has 22 heavy (non-hydrogen) atoms. The van der Waals surface area contributed by atoms with Crippen LogP contribution in [0.1, 0.15) is 16.2 Å². The second-order valence-electron chi connectivity index (χ2n) is 4.82. The van der Waals surface area contributed by atoms with Crippen LogP contribution in [0.2, 0.25) is 0 Å². The molecule has 1 fully saturated rings. The normalized spacial score (nSPS) is 34.2. The predicted molar refractivity (Wildman–Crippen MR) is 72.7 cm³/mol. The maximum Gasteiger partial charge on any atom is 2.00 e. The van der Waals surface area contributed by atoms with Crippen molar-refractivity contribution in [3.8, 4) is 0 Å². The summed E-state index contributed by atoms with van der Waals surface area (Å²) < 4.78 is 9.69. The molecule has 6 atom stereocenters. The zero-order valence-corrected chi connectivity index (χ0v) is 14.2. The molecule has 0 aromatic heterocycles. The summed E-state index contributed by atoms with van der Waals surface area (Å²) in [7, 11) is 0. The number of hydrogen-bond donors (Lipinski definition) is 6. The first-order valence-electron chi connectivity index (χ1n) is 6.16. The van der Waals surface area contributed by atoms with Gasteiger partial charge >= 0.3 is 55.5 Å². The summed E-state index contributed by atoms with van der Waals surface area (Å²) in [5, 5.41) is 47.0. The Kier molecular flexibility index (Phi) is 8.70. The molecule has 11 heteroatoms. The number of carbonyl (C=O) groups excluding carboxylic acids is 1. The first-order valence-corrected chi connectivity index (χ1v) is 6.16. The van der Waals surface area contributed by atoms with Crippen molar-refractivity contribution in [2.45, 2.75) is 49.6 Å². The fourth-order valence-corrected chi connectivity index (χ4v) is 2.08. The van der Waals surface area contributed by atoms with Crippen molar-refractivity contribution in [2.75, 3.05) is 6.61 Å². The van der Waals surface area contributed by atoms with Crippen molar-refractivity contribution in [2.24, 2.45) is 5.73 Å². The van der Waals surface area contributed by atoms with Crippen molar-refractivity contribution in [3.63, 3.8) is 0 Å². The van der Waals surface area contributed by atoms with Crippen molar-refractivity contribution < 1.29 is 47.4 Å². The maximum atomic E-state index is 11.3. The summed E-state index contributed by atoms with van der Waals surface area (Å²) in [6.07, 6.45) is -7.13. The van der Waals surface area contributed by atoms with Crippen molar-refractivity contribution >= 4 is 49.7 Å². The summed E-state index contributed by atoms with van der Waals surface area (Å²) in [4.78, 5) is 22.4. The average molecular weight is 351 g/mol. The average Bonchev–Trinajstić information content (AvgIpc) is 2.40. The fraction of sp³-hybridized carbons (Fsp3) is 0.818. The van der Waals surface area contributed by atoms with Gasteiger partial charge in [0.05, 0.1) is 25.2 Å². The molecule has 10 nitrogen and oxygen atoms in total. The maximum absolute atomic E-state index is 11.3. The number of nitrogens with two attached hydrogens (primary N) is 1. The van der Waals surface area contributed by atoms with Gasteiger partial charge in [-0.2, -0.15) is 0 Å². The monoisotopic (exact) mass is 351 g/mol. The largest absolute Gasteiger partial charge is 2.00 e. The van der Waals surface area contributed by atoms with Crippen LogP contribution in [0.25, 0.3) is 0 Å². The summed E-state index contributed by atoms with van der Waals surface area (Å²) in [6, 6.07) is -1.25. The molecule has 1 rings (SSSR count). The molecular formula is C11H21CaNO9. The van der Waals surface area contributed by atoms with Gasteiger partial charge in [-0.15, -0.1) is 0 Å². The van der Waals surface area contributed by atoms with E-state index in [9.17, 15) is 30.0 Å². The Morgan fingerprint density at radius 1 is 1.50 bits per heavy atom. The quantitative estimate of drug-likeness (QED) is 0.214. The molecule has 0 bridgehead atoms. The molecule has 0 aliphatic carbocycles. The minimum Gasteiger partial charge on any atom is -1.00 e. The van der Waals surface area contributed by atoms with E-state index in [0.717, 1.165) is 6.92 Å². The smallest absolute Gasteiger partial charge is 1.00 e. The van der Waals surface area contributed by atoms with Gasteiger partial charge in [0.25, 0.3) is 0 Å². The number of hydrogen-bond acceptors (Lipinski definition) is 9. The van der Waals surface area contributed by atoms with Crippen LogP contribution in [0.3, 0.4) is 0 Å². The number of esters is 1. The first-order chi connectivity index (χ1) is 9.64. The van der Waals surface area contributed by atoms with E-state index in [1.54, 1.807) is 0 Å². The van der Waals surface area contributed by atoms with E-state index in [1.807, 2.05) is 0 Å². The standard InChI is InChI=1S/C11H19NO9.Ca.2H/c1-4(14)20-11(10(18)19)2-5(15)7(12)9(21-11)8(17)6(16)3-13;;;/h5-9,13,15-17H,2-3,12H2,1H3,(H,18,19);;;/q;+2;2*-1/t5-,6?,7+,8?,9+,11?;;;/m0.../s1. The molecule has 0 saturated carbocycles. The van der Waals surface area contributed by atoms with Crippen LogP contribution < -0.4 is 5.73 Å². The third kappa shape index (κ3) is 4.73. The zero-order chi connectivity index (χ0) is 16.4. The topological polar surface area (TPSA) is 180 Å². The van der Waals surface area contributed by atoms with E-state index < -0.39 is 61.2 Å². The van der Waals surface area contributed by atoms with Gasteiger partial charge in [0.1, 0.15) is 18.3 Å². The van der Waals surface area contributed by atoms with Gasteiger partial charge in [-0.1, -0.05) is 0 Å². The number of ether oxygens (including phenoxy) is 2. The van der Waals surface area contributed by atoms with Gasteiger partial charge in [0, 0.05) is 6.92 Å². The molecule has 0 spiro atoms. The van der Waals surface area contributed by atoms with Crippen molar-refractivity contribution in [3.05, 3.63) is 0 Å². The second-order valence-corrected chi connectivity index (χ2v) is 4.82. The van der Waals surface area contributed by atoms with Gasteiger partial charge in [0.15, 0.2) is 0 Å². The molecule has 126 valence electrons. The van der Waals surface area contributed by atoms with Crippen LogP contribution >= 0.6 is 0 Å². The number of carbonyl (C=O) groups is 2. The summed E-state index contributed by atoms with van der Waals surface area (Å²) in [5.74, 6) is -5.20. The van der Waals surface area contributed by atoms with Gasteiger partial charge in [-0.3, -0.25) is 4.79 Å². The third-order valence-corrected chi connectivity index (χ3v) is 3.18. The molecule has 1 aliphatic heterocycles. The van der Waals surface area contributed by atoms with Crippen molar-refractivity contribution in [1.82, 2.24) is 0 Å². The van der Waals surface area contributed by atoms with E-state index in [-0.39, 0.29) is 40.6 Å². The molecule has 0 aromatic rings. The van der Waals surface area contributed by atoms with E-state index in [4.69, 9.17) is 15.6 Å². The zero-order valence-electron chi connectivity index (χ0n) is 14.0. The predicted octanol–water partition coefficient (Wildman–Crippen LogP) is -3.63. The number of aliphatic carboxylic acids is 1. The summed E-state index contributed by atoms with van der Waals surface area (Å²) in [5.41, 5.74) is 5.61. The molecule has 1 saturated heterocycles. The van der Waals surface area contributed by atoms with Gasteiger partial charge in [-0.25, -0.2) is 4.79 Å². The van der Waals surface area contributed by atoms with Crippen LogP contribution in [-0.4, -0.2) is 118 Å². The second kappa shape index (κ2) is 8.71. The molecule has 3 unspecified atom stereocenters. The minimum atomic E-state index is -2.53. The van der Waals surface area contributed by atoms with Gasteiger partial charge in [0.2, 0.25) is 0 Å². The Labute approximate surface area is 158 Å². The van der Waals surface area contributed by atoms with Gasteiger partial charge in [-0.05, 0) is 0 Å². The fourth-order valence-electron chi connectivity index (χ4n) is 2.08. The first kappa shape index (κ1) is 22.0. The molecule has 7 N–H and O–H groups in total. The molecule has 0 amide bonds. The molecular weight excluding hydrogens is 330 g/mol. The SMILES string of the molecule is CC(=O)OC1(C(=O)O)C[C@H](O)[C@@H](N)[C@H](C(O)C(O)CO)O1.[Ca+2].[H-].[H-]. The van der Waals surface area contributed by atoms with Crippen LogP contribution in [0.15, 0.2) is 0 Å². The third-order valence-electron chi connectivity index (χ3n) is 3.18. The molecule has 1 aliphatic rings. The van der Waals surface area contributed by atoms with Crippen LogP contribution in [-0.2, 0) is 19.1 Å². The molecule has 0 aromatic carbocycles.